The van der Waals surface area contributed by atoms with Gasteiger partial charge in [0.05, 0.1) is 16.4 Å². The summed E-state index contributed by atoms with van der Waals surface area (Å²) in [4.78, 5) is 29.8. The third-order valence-corrected chi connectivity index (χ3v) is 6.47. The summed E-state index contributed by atoms with van der Waals surface area (Å²) < 4.78 is 8.72. The highest BCUT2D eigenvalue weighted by molar-refractivity contribution is 9.10. The number of hydrogen-bond acceptors (Lipinski definition) is 4. The smallest absolute Gasteiger partial charge is 0.249 e. The molecule has 0 fully saturated rings. The van der Waals surface area contributed by atoms with Gasteiger partial charge in [0.1, 0.15) is 17.3 Å². The number of hydrogen-bond donors (Lipinski definition) is 1. The van der Waals surface area contributed by atoms with E-state index >= 15 is 0 Å². The van der Waals surface area contributed by atoms with E-state index in [9.17, 15) is 9.59 Å². The lowest BCUT2D eigenvalue weighted by Gasteiger charge is -2.24. The molecule has 0 radical (unpaired) electrons. The lowest BCUT2D eigenvalue weighted by molar-refractivity contribution is -0.125. The maximum Gasteiger partial charge on any atom is 0.249 e. The number of rotatable bonds is 6. The van der Waals surface area contributed by atoms with Gasteiger partial charge in [-0.15, -0.1) is 12.4 Å². The molecule has 0 saturated heterocycles. The lowest BCUT2D eigenvalue weighted by atomic mass is 10.1. The first-order chi connectivity index (χ1) is 14.6. The van der Waals surface area contributed by atoms with Gasteiger partial charge in [-0.25, -0.2) is 4.98 Å². The molecule has 0 saturated carbocycles. The van der Waals surface area contributed by atoms with Crippen LogP contribution in [0, 0.1) is 6.92 Å². The first kappa shape index (κ1) is 26.3. The van der Waals surface area contributed by atoms with Gasteiger partial charge in [-0.2, -0.15) is 0 Å². The number of carbonyl (C=O) groups is 2. The third kappa shape index (κ3) is 5.31. The van der Waals surface area contributed by atoms with Gasteiger partial charge in [-0.05, 0) is 54.0 Å². The molecule has 172 valence electrons. The summed E-state index contributed by atoms with van der Waals surface area (Å²) in [6.45, 7) is 4.94. The summed E-state index contributed by atoms with van der Waals surface area (Å²) in [5.74, 6) is -0.0353. The van der Waals surface area contributed by atoms with Gasteiger partial charge in [-0.1, -0.05) is 23.2 Å². The first-order valence-electron chi connectivity index (χ1n) is 9.39. The van der Waals surface area contributed by atoms with Crippen LogP contribution < -0.4 is 15.0 Å². The molecule has 11 heteroatoms. The monoisotopic (exact) mass is 562 g/mol. The fourth-order valence-electron chi connectivity index (χ4n) is 3.14. The number of amides is 2. The number of imidazole rings is 1. The number of fused-ring (bicyclic) bond motifs is 1. The van der Waals surface area contributed by atoms with E-state index in [1.165, 1.54) is 11.8 Å². The van der Waals surface area contributed by atoms with Crippen LogP contribution in [0.5, 0.6) is 5.75 Å². The number of halogens is 4. The van der Waals surface area contributed by atoms with Crippen LogP contribution in [0.3, 0.4) is 0 Å². The summed E-state index contributed by atoms with van der Waals surface area (Å²) >= 11 is 16.5. The molecule has 3 rings (SSSR count). The van der Waals surface area contributed by atoms with Crippen LogP contribution in [0.25, 0.3) is 5.65 Å². The van der Waals surface area contributed by atoms with Crippen molar-refractivity contribution in [3.63, 3.8) is 0 Å². The summed E-state index contributed by atoms with van der Waals surface area (Å²) in [5.41, 5.74) is 2.50. The second-order valence-corrected chi connectivity index (χ2v) is 8.56. The predicted molar refractivity (Wildman–Crippen MR) is 132 cm³/mol. The van der Waals surface area contributed by atoms with Gasteiger partial charge in [0.15, 0.2) is 11.4 Å². The molecule has 0 aliphatic rings. The quantitative estimate of drug-likeness (QED) is 0.447. The number of aromatic nitrogens is 2. The number of likely N-dealkylation sites (N-methyl/N-ethyl adjacent to an activating group) is 1. The van der Waals surface area contributed by atoms with Gasteiger partial charge in [0.2, 0.25) is 11.8 Å². The zero-order chi connectivity index (χ0) is 22.9. The van der Waals surface area contributed by atoms with Crippen molar-refractivity contribution in [2.45, 2.75) is 33.4 Å². The van der Waals surface area contributed by atoms with Crippen LogP contribution in [-0.4, -0.2) is 34.3 Å². The number of benzene rings is 1. The highest BCUT2D eigenvalue weighted by Crippen LogP contribution is 2.35. The topological polar surface area (TPSA) is 75.9 Å². The fourth-order valence-corrected chi connectivity index (χ4v) is 4.12. The van der Waals surface area contributed by atoms with Crippen LogP contribution >= 0.6 is 51.5 Å². The van der Waals surface area contributed by atoms with E-state index in [4.69, 9.17) is 27.9 Å². The predicted octanol–water partition coefficient (Wildman–Crippen LogP) is 5.20. The summed E-state index contributed by atoms with van der Waals surface area (Å²) in [6, 6.07) is 6.27. The Hall–Kier alpha value is -2.00. The van der Waals surface area contributed by atoms with Crippen LogP contribution in [-0.2, 0) is 16.2 Å². The molecule has 0 aliphatic heterocycles. The standard InChI is InChI=1S/C21H21BrCl2N4O3.ClH/c1-11-19(22)28-9-5-6-17(20(28)26-11)31-10-14-15(23)7-8-16(18(14)24)27(4)21(30)12(2)25-13(3)29;/h5-9,12H,10H2,1-4H3,(H,25,29);1H/t12-;/m0./s1. The Labute approximate surface area is 210 Å². The van der Waals surface area contributed by atoms with Crippen LogP contribution in [0.15, 0.2) is 35.1 Å². The molecular weight excluding hydrogens is 543 g/mol. The van der Waals surface area contributed by atoms with E-state index in [2.05, 4.69) is 26.2 Å². The minimum absolute atomic E-state index is 0. The molecular formula is C21H22BrCl3N4O3. The molecule has 0 spiro atoms. The minimum Gasteiger partial charge on any atom is -0.485 e. The van der Waals surface area contributed by atoms with Crippen molar-refractivity contribution in [2.24, 2.45) is 0 Å². The Morgan fingerprint density at radius 1 is 1.31 bits per heavy atom. The van der Waals surface area contributed by atoms with Crippen molar-refractivity contribution in [3.8, 4) is 5.75 Å². The van der Waals surface area contributed by atoms with Gasteiger partial charge in [0.25, 0.3) is 0 Å². The van der Waals surface area contributed by atoms with Gasteiger partial charge >= 0.3 is 0 Å². The highest BCUT2D eigenvalue weighted by atomic mass is 79.9. The van der Waals surface area contributed by atoms with E-state index < -0.39 is 6.04 Å². The number of pyridine rings is 1. The van der Waals surface area contributed by atoms with Gasteiger partial charge in [0, 0.05) is 30.8 Å². The normalized spacial score (nSPS) is 11.6. The first-order valence-corrected chi connectivity index (χ1v) is 10.9. The Bertz CT molecular complexity index is 1170. The number of carbonyl (C=O) groups excluding carboxylic acids is 2. The van der Waals surface area contributed by atoms with Crippen molar-refractivity contribution in [3.05, 3.63) is 56.4 Å². The number of nitrogens with one attached hydrogen (secondary N) is 1. The maximum atomic E-state index is 12.7. The van der Waals surface area contributed by atoms with E-state index in [0.717, 1.165) is 10.3 Å². The Balaban J connectivity index is 0.00000363. The molecule has 3 aromatic rings. The number of ether oxygens (including phenoxy) is 1. The van der Waals surface area contributed by atoms with Crippen molar-refractivity contribution in [2.75, 3.05) is 11.9 Å². The molecule has 0 aliphatic carbocycles. The largest absolute Gasteiger partial charge is 0.485 e. The second kappa shape index (κ2) is 10.7. The van der Waals surface area contributed by atoms with E-state index in [1.54, 1.807) is 26.1 Å². The van der Waals surface area contributed by atoms with E-state index in [1.807, 2.05) is 29.7 Å². The molecule has 0 bridgehead atoms. The molecule has 2 aromatic heterocycles. The number of aryl methyl sites for hydroxylation is 1. The molecule has 1 N–H and O–H groups in total. The molecule has 1 aromatic carbocycles. The average molecular weight is 565 g/mol. The summed E-state index contributed by atoms with van der Waals surface area (Å²) in [6.07, 6.45) is 1.88. The Kier molecular flexibility index (Phi) is 8.82. The van der Waals surface area contributed by atoms with Crippen molar-refractivity contribution >= 4 is 74.7 Å². The summed E-state index contributed by atoms with van der Waals surface area (Å²) in [7, 11) is 1.59. The second-order valence-electron chi connectivity index (χ2n) is 7.02. The zero-order valence-corrected chi connectivity index (χ0v) is 21.7. The molecule has 0 unspecified atom stereocenters. The molecule has 2 heterocycles. The van der Waals surface area contributed by atoms with E-state index in [0.29, 0.717) is 32.7 Å². The molecule has 2 amide bonds. The third-order valence-electron chi connectivity index (χ3n) is 4.73. The number of anilines is 1. The fraction of sp³-hybridized carbons (Fsp3) is 0.286. The van der Waals surface area contributed by atoms with Gasteiger partial charge < -0.3 is 15.0 Å². The maximum absolute atomic E-state index is 12.7. The van der Waals surface area contributed by atoms with Crippen LogP contribution in [0.2, 0.25) is 10.0 Å². The zero-order valence-electron chi connectivity index (χ0n) is 17.8. The SMILES string of the molecule is CC(=O)N[C@@H](C)C(=O)N(C)c1ccc(Cl)c(COc2cccn3c(Br)c(C)nc23)c1Cl.Cl. The van der Waals surface area contributed by atoms with E-state index in [-0.39, 0.29) is 30.8 Å². The van der Waals surface area contributed by atoms with Crippen molar-refractivity contribution < 1.29 is 14.3 Å². The molecule has 32 heavy (non-hydrogen) atoms. The van der Waals surface area contributed by atoms with Crippen LogP contribution in [0.4, 0.5) is 5.69 Å². The summed E-state index contributed by atoms with van der Waals surface area (Å²) in [5, 5.41) is 3.28. The minimum atomic E-state index is -0.700. The average Bonchev–Trinajstić information content (AvgIpc) is 3.01. The van der Waals surface area contributed by atoms with Crippen LogP contribution in [0.1, 0.15) is 25.1 Å². The molecule has 7 nitrogen and oxygen atoms in total. The Morgan fingerprint density at radius 3 is 2.66 bits per heavy atom. The van der Waals surface area contributed by atoms with Gasteiger partial charge in [-0.3, -0.25) is 14.0 Å². The van der Waals surface area contributed by atoms with Crippen molar-refractivity contribution in [1.82, 2.24) is 14.7 Å². The highest BCUT2D eigenvalue weighted by Gasteiger charge is 2.23. The molecule has 1 atom stereocenters. The lowest BCUT2D eigenvalue weighted by Crippen LogP contribution is -2.45. The Morgan fingerprint density at radius 2 is 2.00 bits per heavy atom. The number of nitrogens with zero attached hydrogens (tertiary/aromatic N) is 3. The van der Waals surface area contributed by atoms with Crippen molar-refractivity contribution in [1.29, 1.82) is 0 Å².